The van der Waals surface area contributed by atoms with E-state index in [1.807, 2.05) is 0 Å². The van der Waals surface area contributed by atoms with Crippen LogP contribution in [-0.4, -0.2) is 4.57 Å². The SMILES string of the molecule is CC1(C)c2ccccc2-c2ccc(N(c3ccc4c(c3)C3(c5ccccc5-4)c4ccccc4-n4c5ccccc5c5cccc3c54)c3ccccc3-c3cccc(-c4ccccc4)c3)cc21. The third-order valence-corrected chi connectivity index (χ3v) is 15.2. The molecular formula is C64H44N2. The molecule has 0 radical (unpaired) electrons. The first-order valence-electron chi connectivity index (χ1n) is 23.2. The van der Waals surface area contributed by atoms with Crippen LogP contribution in [0.25, 0.3) is 72.0 Å². The van der Waals surface area contributed by atoms with Gasteiger partial charge in [0.25, 0.3) is 0 Å². The molecule has 0 bridgehead atoms. The molecule has 2 aliphatic carbocycles. The molecular weight excluding hydrogens is 797 g/mol. The van der Waals surface area contributed by atoms with E-state index < -0.39 is 5.41 Å². The zero-order valence-corrected chi connectivity index (χ0v) is 36.8. The summed E-state index contributed by atoms with van der Waals surface area (Å²) in [4.78, 5) is 2.53. The zero-order chi connectivity index (χ0) is 43.7. The molecule has 0 N–H and O–H groups in total. The fourth-order valence-corrected chi connectivity index (χ4v) is 12.4. The lowest BCUT2D eigenvalue weighted by Crippen LogP contribution is -2.33. The Kier molecular flexibility index (Phi) is 7.70. The van der Waals surface area contributed by atoms with Gasteiger partial charge in [-0.1, -0.05) is 196 Å². The van der Waals surface area contributed by atoms with Crippen LogP contribution in [0.15, 0.2) is 231 Å². The Bertz CT molecular complexity index is 3810. The number of anilines is 3. The van der Waals surface area contributed by atoms with Crippen molar-refractivity contribution >= 4 is 38.9 Å². The highest BCUT2D eigenvalue weighted by Crippen LogP contribution is 2.62. The Labute approximate surface area is 385 Å². The minimum absolute atomic E-state index is 0.163. The van der Waals surface area contributed by atoms with Gasteiger partial charge in [-0.2, -0.15) is 0 Å². The maximum absolute atomic E-state index is 2.54. The summed E-state index contributed by atoms with van der Waals surface area (Å²) < 4.78 is 2.53. The van der Waals surface area contributed by atoms with Crippen LogP contribution in [0, 0.1) is 0 Å². The van der Waals surface area contributed by atoms with Gasteiger partial charge < -0.3 is 9.47 Å². The summed E-state index contributed by atoms with van der Waals surface area (Å²) in [5.74, 6) is 0. The Morgan fingerprint density at radius 2 is 0.894 bits per heavy atom. The predicted octanol–water partition coefficient (Wildman–Crippen LogP) is 16.6. The summed E-state index contributed by atoms with van der Waals surface area (Å²) in [5, 5.41) is 2.57. The van der Waals surface area contributed by atoms with Gasteiger partial charge in [-0.05, 0) is 121 Å². The number of aromatic nitrogens is 1. The van der Waals surface area contributed by atoms with E-state index in [2.05, 4.69) is 254 Å². The maximum Gasteiger partial charge on any atom is 0.0755 e. The van der Waals surface area contributed by atoms with E-state index in [1.54, 1.807) is 0 Å². The van der Waals surface area contributed by atoms with Gasteiger partial charge in [-0.3, -0.25) is 0 Å². The van der Waals surface area contributed by atoms with E-state index in [1.165, 1.54) is 105 Å². The van der Waals surface area contributed by atoms with Gasteiger partial charge in [0.15, 0.2) is 0 Å². The average molecular weight is 841 g/mol. The standard InChI is InChI=1S/C64H44N2/c1-63(2)53-27-10-6-23-47(53)49-36-34-44(39-57(49)63)65(59-31-13-8-22-46(59)43-21-16-20-42(38-43)41-18-4-3-5-19-41)45-35-37-50-48-24-7-11-28-54(48)64(58(50)40-45)55-29-12-15-33-61(55)66-60-32-14-9-25-51(60)52-26-17-30-56(64)62(52)66/h3-40H,1-2H3. The van der Waals surface area contributed by atoms with Crippen molar-refractivity contribution in [2.24, 2.45) is 0 Å². The molecule has 1 atom stereocenters. The van der Waals surface area contributed by atoms with E-state index in [-0.39, 0.29) is 5.41 Å². The van der Waals surface area contributed by atoms with Crippen LogP contribution in [-0.2, 0) is 10.8 Å². The highest BCUT2D eigenvalue weighted by Gasteiger charge is 2.51. The second kappa shape index (κ2) is 13.7. The van der Waals surface area contributed by atoms with Crippen LogP contribution < -0.4 is 4.90 Å². The molecule has 3 aliphatic rings. The fraction of sp³-hybridized carbons (Fsp3) is 0.0625. The monoisotopic (exact) mass is 840 g/mol. The number of hydrogen-bond acceptors (Lipinski definition) is 1. The summed E-state index contributed by atoms with van der Waals surface area (Å²) in [6.07, 6.45) is 0. The maximum atomic E-state index is 2.54. The molecule has 2 heterocycles. The number of fused-ring (bicyclic) bond motifs is 15. The van der Waals surface area contributed by atoms with Crippen molar-refractivity contribution < 1.29 is 0 Å². The molecule has 1 aliphatic heterocycles. The molecule has 1 aromatic heterocycles. The Morgan fingerprint density at radius 1 is 0.348 bits per heavy atom. The van der Waals surface area contributed by atoms with Gasteiger partial charge in [-0.25, -0.2) is 0 Å². The minimum atomic E-state index is -0.570. The summed E-state index contributed by atoms with van der Waals surface area (Å²) >= 11 is 0. The molecule has 310 valence electrons. The molecule has 0 fully saturated rings. The summed E-state index contributed by atoms with van der Waals surface area (Å²) in [5.41, 5.74) is 24.4. The van der Waals surface area contributed by atoms with Crippen LogP contribution >= 0.6 is 0 Å². The smallest absolute Gasteiger partial charge is 0.0755 e. The Balaban J connectivity index is 1.05. The molecule has 2 nitrogen and oxygen atoms in total. The normalized spacial score (nSPS) is 15.6. The van der Waals surface area contributed by atoms with Gasteiger partial charge in [-0.15, -0.1) is 0 Å². The highest BCUT2D eigenvalue weighted by atomic mass is 15.1. The largest absolute Gasteiger partial charge is 0.310 e. The van der Waals surface area contributed by atoms with Crippen LogP contribution in [0.4, 0.5) is 17.1 Å². The van der Waals surface area contributed by atoms with Crippen LogP contribution in [0.5, 0.6) is 0 Å². The van der Waals surface area contributed by atoms with Gasteiger partial charge in [0.2, 0.25) is 0 Å². The summed E-state index contributed by atoms with van der Waals surface area (Å²) in [7, 11) is 0. The molecule has 2 heteroatoms. The first-order chi connectivity index (χ1) is 32.5. The number of nitrogens with zero attached hydrogens (tertiary/aromatic N) is 2. The van der Waals surface area contributed by atoms with E-state index in [0.717, 1.165) is 17.1 Å². The quantitative estimate of drug-likeness (QED) is 0.168. The second-order valence-corrected chi connectivity index (χ2v) is 18.8. The van der Waals surface area contributed by atoms with Crippen molar-refractivity contribution in [1.29, 1.82) is 0 Å². The number of para-hydroxylation sites is 4. The van der Waals surface area contributed by atoms with Crippen LogP contribution in [0.1, 0.15) is 47.2 Å². The van der Waals surface area contributed by atoms with Crippen molar-refractivity contribution in [2.75, 3.05) is 4.90 Å². The molecule has 11 aromatic rings. The first kappa shape index (κ1) is 37.2. The Hall–Kier alpha value is -8.20. The molecule has 66 heavy (non-hydrogen) atoms. The lowest BCUT2D eigenvalue weighted by atomic mass is 9.65. The van der Waals surface area contributed by atoms with Crippen molar-refractivity contribution in [1.82, 2.24) is 4.57 Å². The van der Waals surface area contributed by atoms with E-state index in [9.17, 15) is 0 Å². The molecule has 1 spiro atoms. The van der Waals surface area contributed by atoms with Crippen LogP contribution in [0.2, 0.25) is 0 Å². The second-order valence-electron chi connectivity index (χ2n) is 18.8. The van der Waals surface area contributed by atoms with Gasteiger partial charge in [0, 0.05) is 33.1 Å². The van der Waals surface area contributed by atoms with Crippen molar-refractivity contribution in [2.45, 2.75) is 24.7 Å². The highest BCUT2D eigenvalue weighted by molar-refractivity contribution is 6.13. The molecule has 0 saturated carbocycles. The van der Waals surface area contributed by atoms with E-state index >= 15 is 0 Å². The lowest BCUT2D eigenvalue weighted by Gasteiger charge is -2.40. The average Bonchev–Trinajstić information content (AvgIpc) is 3.95. The van der Waals surface area contributed by atoms with Crippen molar-refractivity contribution in [3.63, 3.8) is 0 Å². The predicted molar refractivity (Wildman–Crippen MR) is 275 cm³/mol. The van der Waals surface area contributed by atoms with E-state index in [0.29, 0.717) is 0 Å². The summed E-state index contributed by atoms with van der Waals surface area (Å²) in [6.45, 7) is 4.76. The zero-order valence-electron chi connectivity index (χ0n) is 36.8. The Morgan fingerprint density at radius 3 is 1.71 bits per heavy atom. The lowest BCUT2D eigenvalue weighted by molar-refractivity contribution is 0.660. The third-order valence-electron chi connectivity index (χ3n) is 15.2. The molecule has 10 aromatic carbocycles. The third kappa shape index (κ3) is 4.91. The summed E-state index contributed by atoms with van der Waals surface area (Å²) in [6, 6.07) is 86.4. The van der Waals surface area contributed by atoms with Gasteiger partial charge in [0.05, 0.1) is 27.8 Å². The molecule has 0 saturated heterocycles. The van der Waals surface area contributed by atoms with Crippen LogP contribution in [0.3, 0.4) is 0 Å². The van der Waals surface area contributed by atoms with Gasteiger partial charge in [0.1, 0.15) is 0 Å². The fourth-order valence-electron chi connectivity index (χ4n) is 12.4. The molecule has 0 amide bonds. The van der Waals surface area contributed by atoms with Crippen molar-refractivity contribution in [3.05, 3.63) is 264 Å². The number of benzene rings is 10. The molecule has 1 unspecified atom stereocenters. The topological polar surface area (TPSA) is 8.17 Å². The molecule has 14 rings (SSSR count). The number of rotatable bonds is 5. The number of hydrogen-bond donors (Lipinski definition) is 0. The van der Waals surface area contributed by atoms with Gasteiger partial charge >= 0.3 is 0 Å². The minimum Gasteiger partial charge on any atom is -0.310 e. The first-order valence-corrected chi connectivity index (χ1v) is 23.2. The van der Waals surface area contributed by atoms with E-state index in [4.69, 9.17) is 0 Å². The van der Waals surface area contributed by atoms with Crippen molar-refractivity contribution in [3.8, 4) is 50.2 Å².